The number of hydrogen-bond acceptors (Lipinski definition) is 2. The van der Waals surface area contributed by atoms with Crippen LogP contribution in [0.1, 0.15) is 18.4 Å². The van der Waals surface area contributed by atoms with Crippen LogP contribution >= 0.6 is 11.8 Å². The van der Waals surface area contributed by atoms with Gasteiger partial charge in [0, 0.05) is 4.90 Å². The second-order valence-electron chi connectivity index (χ2n) is 3.21. The number of halogens is 1. The molecule has 1 aromatic rings. The molecular formula is C11H16FNS. The highest BCUT2D eigenvalue weighted by molar-refractivity contribution is 7.98. The van der Waals surface area contributed by atoms with Crippen LogP contribution < -0.4 is 5.73 Å². The Labute approximate surface area is 88.9 Å². The predicted molar refractivity (Wildman–Crippen MR) is 60.2 cm³/mol. The van der Waals surface area contributed by atoms with Crippen molar-refractivity contribution in [3.63, 3.8) is 0 Å². The van der Waals surface area contributed by atoms with Crippen molar-refractivity contribution in [2.45, 2.75) is 24.2 Å². The Bertz CT molecular complexity index is 289. The van der Waals surface area contributed by atoms with E-state index in [0.29, 0.717) is 11.4 Å². The third kappa shape index (κ3) is 3.31. The Hall–Kier alpha value is -0.540. The van der Waals surface area contributed by atoms with Crippen LogP contribution in [0.15, 0.2) is 23.1 Å². The van der Waals surface area contributed by atoms with Crippen molar-refractivity contribution in [3.05, 3.63) is 29.6 Å². The maximum Gasteiger partial charge on any atom is 0.137 e. The highest BCUT2D eigenvalue weighted by Gasteiger charge is 2.01. The molecule has 0 aliphatic rings. The minimum absolute atomic E-state index is 0.109. The first-order valence-electron chi connectivity index (χ1n) is 4.80. The normalized spacial score (nSPS) is 10.5. The third-order valence-corrected chi connectivity index (χ3v) is 2.91. The van der Waals surface area contributed by atoms with Crippen LogP contribution in [-0.4, -0.2) is 12.8 Å². The lowest BCUT2D eigenvalue weighted by atomic mass is 10.1. The average molecular weight is 213 g/mol. The highest BCUT2D eigenvalue weighted by atomic mass is 32.2. The molecule has 0 aromatic heterocycles. The van der Waals surface area contributed by atoms with E-state index in [1.165, 1.54) is 11.8 Å². The van der Waals surface area contributed by atoms with Crippen LogP contribution in [0.4, 0.5) is 4.39 Å². The van der Waals surface area contributed by atoms with Crippen molar-refractivity contribution in [3.8, 4) is 0 Å². The van der Waals surface area contributed by atoms with E-state index < -0.39 is 0 Å². The zero-order chi connectivity index (χ0) is 10.4. The van der Waals surface area contributed by atoms with Crippen molar-refractivity contribution in [2.24, 2.45) is 5.73 Å². The minimum Gasteiger partial charge on any atom is -0.330 e. The SMILES string of the molecule is CSc1ccc(CCCCN)cc1F. The third-order valence-electron chi connectivity index (χ3n) is 2.14. The second-order valence-corrected chi connectivity index (χ2v) is 4.06. The lowest BCUT2D eigenvalue weighted by molar-refractivity contribution is 0.598. The first-order chi connectivity index (χ1) is 6.77. The molecule has 0 spiro atoms. The van der Waals surface area contributed by atoms with Crippen LogP contribution in [0.25, 0.3) is 0 Å². The van der Waals surface area contributed by atoms with Crippen LogP contribution in [0.2, 0.25) is 0 Å². The number of nitrogens with two attached hydrogens (primary N) is 1. The fraction of sp³-hybridized carbons (Fsp3) is 0.455. The zero-order valence-electron chi connectivity index (χ0n) is 8.42. The predicted octanol–water partition coefficient (Wildman–Crippen LogP) is 2.83. The van der Waals surface area contributed by atoms with Gasteiger partial charge in [-0.25, -0.2) is 4.39 Å². The van der Waals surface area contributed by atoms with E-state index in [-0.39, 0.29) is 5.82 Å². The molecule has 1 nitrogen and oxygen atoms in total. The van der Waals surface area contributed by atoms with Gasteiger partial charge in [-0.3, -0.25) is 0 Å². The van der Waals surface area contributed by atoms with Gasteiger partial charge in [-0.2, -0.15) is 0 Å². The van der Waals surface area contributed by atoms with Crippen molar-refractivity contribution in [1.29, 1.82) is 0 Å². The van der Waals surface area contributed by atoms with Gasteiger partial charge in [0.25, 0.3) is 0 Å². The van der Waals surface area contributed by atoms with Crippen molar-refractivity contribution in [1.82, 2.24) is 0 Å². The van der Waals surface area contributed by atoms with E-state index in [0.717, 1.165) is 24.8 Å². The molecule has 0 bridgehead atoms. The molecule has 0 heterocycles. The van der Waals surface area contributed by atoms with E-state index in [1.807, 2.05) is 18.4 Å². The summed E-state index contributed by atoms with van der Waals surface area (Å²) in [6, 6.07) is 5.46. The summed E-state index contributed by atoms with van der Waals surface area (Å²) >= 11 is 1.44. The summed E-state index contributed by atoms with van der Waals surface area (Å²) in [6.45, 7) is 0.714. The Balaban J connectivity index is 2.57. The van der Waals surface area contributed by atoms with Crippen molar-refractivity contribution >= 4 is 11.8 Å². The lowest BCUT2D eigenvalue weighted by Gasteiger charge is -2.03. The van der Waals surface area contributed by atoms with Gasteiger partial charge < -0.3 is 5.73 Å². The minimum atomic E-state index is -0.109. The number of hydrogen-bond donors (Lipinski definition) is 1. The molecule has 0 amide bonds. The topological polar surface area (TPSA) is 26.0 Å². The number of thioether (sulfide) groups is 1. The Kier molecular flexibility index (Phi) is 4.98. The van der Waals surface area contributed by atoms with E-state index >= 15 is 0 Å². The molecule has 3 heteroatoms. The maximum atomic E-state index is 13.3. The van der Waals surface area contributed by atoms with Crippen LogP contribution in [0, 0.1) is 5.82 Å². The first-order valence-corrected chi connectivity index (χ1v) is 6.03. The molecule has 0 aliphatic carbocycles. The molecule has 0 radical (unpaired) electrons. The molecular weight excluding hydrogens is 197 g/mol. The molecule has 0 saturated heterocycles. The van der Waals surface area contributed by atoms with Gasteiger partial charge in [0.2, 0.25) is 0 Å². The molecule has 2 N–H and O–H groups in total. The van der Waals surface area contributed by atoms with Gasteiger partial charge in [-0.1, -0.05) is 6.07 Å². The summed E-state index contributed by atoms with van der Waals surface area (Å²) in [5.74, 6) is -0.109. The summed E-state index contributed by atoms with van der Waals surface area (Å²) in [4.78, 5) is 0.715. The summed E-state index contributed by atoms with van der Waals surface area (Å²) < 4.78 is 13.3. The number of benzene rings is 1. The zero-order valence-corrected chi connectivity index (χ0v) is 9.24. The summed E-state index contributed by atoms with van der Waals surface area (Å²) in [5, 5.41) is 0. The van der Waals surface area contributed by atoms with E-state index in [2.05, 4.69) is 0 Å². The highest BCUT2D eigenvalue weighted by Crippen LogP contribution is 2.20. The number of aryl methyl sites for hydroxylation is 1. The molecule has 0 aliphatic heterocycles. The maximum absolute atomic E-state index is 13.3. The van der Waals surface area contributed by atoms with Gasteiger partial charge >= 0.3 is 0 Å². The molecule has 0 saturated carbocycles. The fourth-order valence-electron chi connectivity index (χ4n) is 1.34. The van der Waals surface area contributed by atoms with Crippen LogP contribution in [-0.2, 0) is 6.42 Å². The van der Waals surface area contributed by atoms with Gasteiger partial charge in [0.1, 0.15) is 5.82 Å². The van der Waals surface area contributed by atoms with Crippen LogP contribution in [0.5, 0.6) is 0 Å². The molecule has 1 aromatic carbocycles. The fourth-order valence-corrected chi connectivity index (χ4v) is 1.80. The lowest BCUT2D eigenvalue weighted by Crippen LogP contribution is -1.99. The summed E-state index contributed by atoms with van der Waals surface area (Å²) in [6.07, 6.45) is 4.84. The van der Waals surface area contributed by atoms with E-state index in [1.54, 1.807) is 6.07 Å². The molecule has 14 heavy (non-hydrogen) atoms. The Morgan fingerprint density at radius 1 is 1.36 bits per heavy atom. The summed E-state index contributed by atoms with van der Waals surface area (Å²) in [7, 11) is 0. The van der Waals surface area contributed by atoms with E-state index in [4.69, 9.17) is 5.73 Å². The Morgan fingerprint density at radius 2 is 2.14 bits per heavy atom. The van der Waals surface area contributed by atoms with Gasteiger partial charge in [-0.15, -0.1) is 11.8 Å². The largest absolute Gasteiger partial charge is 0.330 e. The van der Waals surface area contributed by atoms with E-state index in [9.17, 15) is 4.39 Å². The van der Waals surface area contributed by atoms with Crippen molar-refractivity contribution in [2.75, 3.05) is 12.8 Å². The molecule has 0 atom stereocenters. The number of rotatable bonds is 5. The smallest absolute Gasteiger partial charge is 0.137 e. The molecule has 78 valence electrons. The quantitative estimate of drug-likeness (QED) is 0.601. The standard InChI is InChI=1S/C11H16FNS/c1-14-11-6-5-9(8-10(11)12)4-2-3-7-13/h5-6,8H,2-4,7,13H2,1H3. The molecule has 0 unspecified atom stereocenters. The Morgan fingerprint density at radius 3 is 2.71 bits per heavy atom. The van der Waals surface area contributed by atoms with Gasteiger partial charge in [0.05, 0.1) is 0 Å². The average Bonchev–Trinajstić information content (AvgIpc) is 2.18. The first kappa shape index (κ1) is 11.5. The van der Waals surface area contributed by atoms with Gasteiger partial charge in [0.15, 0.2) is 0 Å². The monoisotopic (exact) mass is 213 g/mol. The van der Waals surface area contributed by atoms with Crippen molar-refractivity contribution < 1.29 is 4.39 Å². The van der Waals surface area contributed by atoms with Crippen LogP contribution in [0.3, 0.4) is 0 Å². The molecule has 0 fully saturated rings. The second kappa shape index (κ2) is 6.04. The summed E-state index contributed by atoms with van der Waals surface area (Å²) in [5.41, 5.74) is 6.45. The number of unbranched alkanes of at least 4 members (excludes halogenated alkanes) is 1. The molecule has 1 rings (SSSR count). The van der Waals surface area contributed by atoms with Gasteiger partial charge in [-0.05, 0) is 49.8 Å².